The fraction of sp³-hybridized carbons (Fsp3) is 0.529. The molecule has 0 radical (unpaired) electrons. The minimum absolute atomic E-state index is 0.190. The number of rotatable bonds is 5. The lowest BCUT2D eigenvalue weighted by molar-refractivity contribution is -0.121. The summed E-state index contributed by atoms with van der Waals surface area (Å²) in [6.45, 7) is 1.84. The van der Waals surface area contributed by atoms with Gasteiger partial charge in [-0.25, -0.2) is 10.2 Å². The van der Waals surface area contributed by atoms with Crippen molar-refractivity contribution < 1.29 is 9.59 Å². The summed E-state index contributed by atoms with van der Waals surface area (Å²) in [5, 5.41) is 2.67. The van der Waals surface area contributed by atoms with Crippen LogP contribution in [0.4, 0.5) is 4.79 Å². The van der Waals surface area contributed by atoms with Gasteiger partial charge in [0.2, 0.25) is 0 Å². The molecule has 3 amide bonds. The molecule has 1 aliphatic carbocycles. The molecule has 1 atom stereocenters. The Labute approximate surface area is 142 Å². The lowest BCUT2D eigenvalue weighted by Crippen LogP contribution is -2.51. The second-order valence-corrected chi connectivity index (χ2v) is 7.19. The van der Waals surface area contributed by atoms with E-state index in [1.807, 2.05) is 37.3 Å². The topological polar surface area (TPSA) is 70.2 Å². The highest BCUT2D eigenvalue weighted by molar-refractivity contribution is 7.99. The third kappa shape index (κ3) is 6.52. The SMILES string of the molecule is CC(SCc1ccccc1)C(=O)NNC(=O)NC1CCCCC1. The first-order valence-corrected chi connectivity index (χ1v) is 9.22. The zero-order valence-corrected chi connectivity index (χ0v) is 14.3. The summed E-state index contributed by atoms with van der Waals surface area (Å²) in [6.07, 6.45) is 5.59. The normalized spacial score (nSPS) is 16.4. The van der Waals surface area contributed by atoms with Crippen LogP contribution in [-0.4, -0.2) is 23.2 Å². The molecule has 23 heavy (non-hydrogen) atoms. The van der Waals surface area contributed by atoms with Crippen molar-refractivity contribution in [2.45, 2.75) is 56.1 Å². The molecule has 0 bridgehead atoms. The molecule has 1 saturated carbocycles. The zero-order valence-electron chi connectivity index (χ0n) is 13.5. The Balaban J connectivity index is 1.64. The molecule has 1 aliphatic rings. The van der Waals surface area contributed by atoms with E-state index in [4.69, 9.17) is 0 Å². The van der Waals surface area contributed by atoms with E-state index >= 15 is 0 Å². The van der Waals surface area contributed by atoms with E-state index in [9.17, 15) is 9.59 Å². The summed E-state index contributed by atoms with van der Waals surface area (Å²) in [5.74, 6) is 0.577. The van der Waals surface area contributed by atoms with E-state index in [0.717, 1.165) is 31.4 Å². The molecule has 1 aromatic carbocycles. The molecule has 126 valence electrons. The van der Waals surface area contributed by atoms with Gasteiger partial charge in [0.1, 0.15) is 0 Å². The Morgan fingerprint density at radius 2 is 1.83 bits per heavy atom. The second-order valence-electron chi connectivity index (χ2n) is 5.86. The molecular weight excluding hydrogens is 310 g/mol. The van der Waals surface area contributed by atoms with Crippen molar-refractivity contribution in [3.63, 3.8) is 0 Å². The number of thioether (sulfide) groups is 1. The standard InChI is InChI=1S/C17H25N3O2S/c1-13(23-12-14-8-4-2-5-9-14)16(21)19-20-17(22)18-15-10-6-3-7-11-15/h2,4-5,8-9,13,15H,3,6-7,10-12H2,1H3,(H,19,21)(H2,18,20,22). The number of hydrazine groups is 1. The maximum atomic E-state index is 12.0. The van der Waals surface area contributed by atoms with Gasteiger partial charge in [0.05, 0.1) is 5.25 Å². The zero-order chi connectivity index (χ0) is 16.5. The van der Waals surface area contributed by atoms with Gasteiger partial charge in [-0.2, -0.15) is 0 Å². The highest BCUT2D eigenvalue weighted by Gasteiger charge is 2.17. The summed E-state index contributed by atoms with van der Waals surface area (Å²) >= 11 is 1.54. The van der Waals surface area contributed by atoms with Gasteiger partial charge in [-0.3, -0.25) is 10.2 Å². The molecule has 2 rings (SSSR count). The van der Waals surface area contributed by atoms with Crippen LogP contribution in [0.3, 0.4) is 0 Å². The summed E-state index contributed by atoms with van der Waals surface area (Å²) in [6, 6.07) is 9.91. The summed E-state index contributed by atoms with van der Waals surface area (Å²) in [4.78, 5) is 23.8. The van der Waals surface area contributed by atoms with E-state index < -0.39 is 0 Å². The van der Waals surface area contributed by atoms with E-state index in [1.165, 1.54) is 12.0 Å². The Bertz CT molecular complexity index is 504. The average molecular weight is 335 g/mol. The number of amides is 3. The first-order chi connectivity index (χ1) is 11.1. The predicted octanol–water partition coefficient (Wildman–Crippen LogP) is 2.97. The third-order valence-electron chi connectivity index (χ3n) is 3.95. The van der Waals surface area contributed by atoms with Crippen LogP contribution in [0, 0.1) is 0 Å². The smallest absolute Gasteiger partial charge is 0.333 e. The first-order valence-electron chi connectivity index (χ1n) is 8.17. The molecule has 0 aliphatic heterocycles. The van der Waals surface area contributed by atoms with Crippen molar-refractivity contribution in [1.82, 2.24) is 16.2 Å². The van der Waals surface area contributed by atoms with Gasteiger partial charge in [0, 0.05) is 11.8 Å². The molecule has 5 nitrogen and oxygen atoms in total. The number of carbonyl (C=O) groups is 2. The van der Waals surface area contributed by atoms with Crippen molar-refractivity contribution in [3.05, 3.63) is 35.9 Å². The third-order valence-corrected chi connectivity index (χ3v) is 5.17. The number of benzene rings is 1. The lowest BCUT2D eigenvalue weighted by Gasteiger charge is -2.23. The maximum Gasteiger partial charge on any atom is 0.333 e. The van der Waals surface area contributed by atoms with Gasteiger partial charge in [-0.05, 0) is 25.3 Å². The lowest BCUT2D eigenvalue weighted by atomic mass is 9.96. The highest BCUT2D eigenvalue weighted by Crippen LogP contribution is 2.18. The van der Waals surface area contributed by atoms with Crippen LogP contribution >= 0.6 is 11.8 Å². The number of hydrogen-bond acceptors (Lipinski definition) is 3. The summed E-state index contributed by atoms with van der Waals surface area (Å²) in [7, 11) is 0. The van der Waals surface area contributed by atoms with Crippen molar-refractivity contribution in [2.24, 2.45) is 0 Å². The monoisotopic (exact) mass is 335 g/mol. The largest absolute Gasteiger partial charge is 0.334 e. The molecule has 1 aromatic rings. The second kappa shape index (κ2) is 9.45. The minimum atomic E-state index is -0.328. The molecule has 0 aromatic heterocycles. The highest BCUT2D eigenvalue weighted by atomic mass is 32.2. The van der Waals surface area contributed by atoms with Crippen LogP contribution in [0.2, 0.25) is 0 Å². The summed E-state index contributed by atoms with van der Waals surface area (Å²) < 4.78 is 0. The molecular formula is C17H25N3O2S. The molecule has 1 unspecified atom stereocenters. The van der Waals surface area contributed by atoms with E-state index in [1.54, 1.807) is 11.8 Å². The fourth-order valence-corrected chi connectivity index (χ4v) is 3.40. The molecule has 0 heterocycles. The summed E-state index contributed by atoms with van der Waals surface area (Å²) in [5.41, 5.74) is 6.11. The molecule has 1 fully saturated rings. The quantitative estimate of drug-likeness (QED) is 0.725. The van der Waals surface area contributed by atoms with Crippen molar-refractivity contribution in [3.8, 4) is 0 Å². The average Bonchev–Trinajstić information content (AvgIpc) is 2.59. The molecule has 6 heteroatoms. The minimum Gasteiger partial charge on any atom is -0.334 e. The van der Waals surface area contributed by atoms with Gasteiger partial charge in [0.25, 0.3) is 5.91 Å². The fourth-order valence-electron chi connectivity index (χ4n) is 2.56. The van der Waals surface area contributed by atoms with Crippen LogP contribution in [0.25, 0.3) is 0 Å². The van der Waals surface area contributed by atoms with Gasteiger partial charge in [-0.1, -0.05) is 49.6 Å². The van der Waals surface area contributed by atoms with E-state index in [0.29, 0.717) is 0 Å². The van der Waals surface area contributed by atoms with Crippen LogP contribution in [-0.2, 0) is 10.5 Å². The van der Waals surface area contributed by atoms with Crippen LogP contribution in [0.15, 0.2) is 30.3 Å². The van der Waals surface area contributed by atoms with Crippen LogP contribution < -0.4 is 16.2 Å². The molecule has 0 saturated heterocycles. The van der Waals surface area contributed by atoms with E-state index in [-0.39, 0.29) is 23.2 Å². The van der Waals surface area contributed by atoms with Crippen LogP contribution in [0.1, 0.15) is 44.6 Å². The van der Waals surface area contributed by atoms with Crippen LogP contribution in [0.5, 0.6) is 0 Å². The Kier molecular flexibility index (Phi) is 7.26. The predicted molar refractivity (Wildman–Crippen MR) is 93.9 cm³/mol. The Morgan fingerprint density at radius 3 is 2.52 bits per heavy atom. The first kappa shape index (κ1) is 17.7. The Hall–Kier alpha value is -1.69. The molecule has 3 N–H and O–H groups in total. The van der Waals surface area contributed by atoms with Crippen molar-refractivity contribution in [2.75, 3.05) is 0 Å². The van der Waals surface area contributed by atoms with E-state index in [2.05, 4.69) is 16.2 Å². The maximum absolute atomic E-state index is 12.0. The van der Waals surface area contributed by atoms with Gasteiger partial charge >= 0.3 is 6.03 Å². The van der Waals surface area contributed by atoms with Gasteiger partial charge in [-0.15, -0.1) is 11.8 Å². The van der Waals surface area contributed by atoms with Gasteiger partial charge in [0.15, 0.2) is 0 Å². The Morgan fingerprint density at radius 1 is 1.13 bits per heavy atom. The van der Waals surface area contributed by atoms with Crippen molar-refractivity contribution in [1.29, 1.82) is 0 Å². The number of nitrogens with one attached hydrogen (secondary N) is 3. The van der Waals surface area contributed by atoms with Gasteiger partial charge < -0.3 is 5.32 Å². The number of urea groups is 1. The number of hydrogen-bond donors (Lipinski definition) is 3. The number of carbonyl (C=O) groups excluding carboxylic acids is 2. The van der Waals surface area contributed by atoms with Crippen molar-refractivity contribution >= 4 is 23.7 Å². The molecule has 0 spiro atoms.